The van der Waals surface area contributed by atoms with Gasteiger partial charge in [0.15, 0.2) is 0 Å². The molecule has 0 aromatic heterocycles. The first kappa shape index (κ1) is 13.1. The smallest absolute Gasteiger partial charge is 0.248 e. The van der Waals surface area contributed by atoms with Gasteiger partial charge in [0.25, 0.3) is 0 Å². The van der Waals surface area contributed by atoms with Gasteiger partial charge in [0.2, 0.25) is 5.91 Å². The highest BCUT2D eigenvalue weighted by atomic mass is 16.3. The highest BCUT2D eigenvalue weighted by Crippen LogP contribution is 2.22. The number of primary amides is 1. The Labute approximate surface area is 112 Å². The van der Waals surface area contributed by atoms with Gasteiger partial charge in [-0.1, -0.05) is 37.3 Å². The third kappa shape index (κ3) is 3.13. The highest BCUT2D eigenvalue weighted by Gasteiger charge is 2.07. The van der Waals surface area contributed by atoms with E-state index in [1.807, 2.05) is 0 Å². The fourth-order valence-corrected chi connectivity index (χ4v) is 1.98. The van der Waals surface area contributed by atoms with E-state index in [2.05, 4.69) is 31.2 Å². The number of phenolic OH excluding ortho intramolecular Hbond substituents is 1. The Balaban J connectivity index is 2.20. The van der Waals surface area contributed by atoms with Crippen LogP contribution in [0.15, 0.2) is 42.5 Å². The zero-order valence-electron chi connectivity index (χ0n) is 10.9. The van der Waals surface area contributed by atoms with E-state index < -0.39 is 5.91 Å². The molecule has 0 aliphatic heterocycles. The Bertz CT molecular complexity index is 588. The first-order valence-corrected chi connectivity index (χ1v) is 6.29. The lowest BCUT2D eigenvalue weighted by molar-refractivity contribution is 0.1000. The maximum Gasteiger partial charge on any atom is 0.248 e. The van der Waals surface area contributed by atoms with Gasteiger partial charge in [-0.3, -0.25) is 4.79 Å². The van der Waals surface area contributed by atoms with Gasteiger partial charge in [-0.15, -0.1) is 0 Å². The van der Waals surface area contributed by atoms with Crippen LogP contribution in [-0.2, 0) is 12.8 Å². The van der Waals surface area contributed by atoms with Gasteiger partial charge in [0, 0.05) is 12.0 Å². The molecule has 2 aromatic rings. The molecule has 0 spiro atoms. The zero-order chi connectivity index (χ0) is 13.8. The van der Waals surface area contributed by atoms with E-state index in [4.69, 9.17) is 5.73 Å². The number of nitrogens with two attached hydrogens (primary N) is 1. The van der Waals surface area contributed by atoms with E-state index in [1.165, 1.54) is 11.6 Å². The number of carbonyl (C=O) groups excluding carboxylic acids is 1. The van der Waals surface area contributed by atoms with Crippen LogP contribution in [0, 0.1) is 0 Å². The molecule has 3 nitrogen and oxygen atoms in total. The van der Waals surface area contributed by atoms with Crippen molar-refractivity contribution in [3.8, 4) is 5.75 Å². The molecule has 0 fully saturated rings. The van der Waals surface area contributed by atoms with Crippen molar-refractivity contribution < 1.29 is 9.90 Å². The van der Waals surface area contributed by atoms with Crippen LogP contribution < -0.4 is 5.73 Å². The Morgan fingerprint density at radius 3 is 2.26 bits per heavy atom. The Kier molecular flexibility index (Phi) is 3.85. The van der Waals surface area contributed by atoms with Gasteiger partial charge in [0.05, 0.1) is 0 Å². The minimum absolute atomic E-state index is 0.107. The molecule has 0 unspecified atom stereocenters. The molecule has 19 heavy (non-hydrogen) atoms. The summed E-state index contributed by atoms with van der Waals surface area (Å²) in [6, 6.07) is 13.1. The van der Waals surface area contributed by atoms with Crippen molar-refractivity contribution in [2.45, 2.75) is 19.8 Å². The first-order chi connectivity index (χ1) is 9.10. The lowest BCUT2D eigenvalue weighted by atomic mass is 10.0. The summed E-state index contributed by atoms with van der Waals surface area (Å²) >= 11 is 0. The number of amides is 1. The molecule has 3 N–H and O–H groups in total. The largest absolute Gasteiger partial charge is 0.508 e. The number of carbonyl (C=O) groups is 1. The van der Waals surface area contributed by atoms with E-state index in [0.717, 1.165) is 17.5 Å². The van der Waals surface area contributed by atoms with Crippen molar-refractivity contribution in [1.82, 2.24) is 0 Å². The molecule has 3 heteroatoms. The number of benzene rings is 2. The number of hydrogen-bond donors (Lipinski definition) is 2. The van der Waals surface area contributed by atoms with Crippen LogP contribution in [0.25, 0.3) is 0 Å². The van der Waals surface area contributed by atoms with Crippen LogP contribution in [0.4, 0.5) is 0 Å². The molecule has 0 radical (unpaired) electrons. The summed E-state index contributed by atoms with van der Waals surface area (Å²) in [5.41, 5.74) is 8.69. The van der Waals surface area contributed by atoms with Crippen LogP contribution >= 0.6 is 0 Å². The van der Waals surface area contributed by atoms with Gasteiger partial charge in [-0.2, -0.15) is 0 Å². The van der Waals surface area contributed by atoms with Crippen LogP contribution in [0.1, 0.15) is 34.0 Å². The van der Waals surface area contributed by atoms with Crippen molar-refractivity contribution in [3.05, 3.63) is 64.7 Å². The third-order valence-corrected chi connectivity index (χ3v) is 3.20. The second kappa shape index (κ2) is 5.57. The van der Waals surface area contributed by atoms with Gasteiger partial charge in [-0.05, 0) is 35.2 Å². The molecule has 0 saturated carbocycles. The molecular formula is C16H17NO2. The molecule has 0 bridgehead atoms. The first-order valence-electron chi connectivity index (χ1n) is 6.29. The second-order valence-electron chi connectivity index (χ2n) is 4.55. The highest BCUT2D eigenvalue weighted by molar-refractivity contribution is 5.93. The number of phenols is 1. The summed E-state index contributed by atoms with van der Waals surface area (Å²) in [5.74, 6) is -0.426. The number of aryl methyl sites for hydroxylation is 1. The molecule has 0 saturated heterocycles. The predicted molar refractivity (Wildman–Crippen MR) is 75.3 cm³/mol. The van der Waals surface area contributed by atoms with Crippen molar-refractivity contribution in [3.63, 3.8) is 0 Å². The fourth-order valence-electron chi connectivity index (χ4n) is 1.98. The van der Waals surface area contributed by atoms with E-state index in [9.17, 15) is 9.90 Å². The van der Waals surface area contributed by atoms with Crippen LogP contribution in [-0.4, -0.2) is 11.0 Å². The topological polar surface area (TPSA) is 63.3 Å². The fraction of sp³-hybridized carbons (Fsp3) is 0.188. The summed E-state index contributed by atoms with van der Waals surface area (Å²) < 4.78 is 0. The second-order valence-corrected chi connectivity index (χ2v) is 4.55. The monoisotopic (exact) mass is 255 g/mol. The number of aromatic hydroxyl groups is 1. The normalized spacial score (nSPS) is 10.4. The van der Waals surface area contributed by atoms with Gasteiger partial charge in [-0.25, -0.2) is 0 Å². The molecule has 98 valence electrons. The summed E-state index contributed by atoms with van der Waals surface area (Å²) in [6.45, 7) is 2.11. The van der Waals surface area contributed by atoms with Crippen molar-refractivity contribution in [2.75, 3.05) is 0 Å². The molecular weight excluding hydrogens is 238 g/mol. The van der Waals surface area contributed by atoms with Crippen LogP contribution in [0.2, 0.25) is 0 Å². The predicted octanol–water partition coefficient (Wildman–Crippen LogP) is 2.64. The zero-order valence-corrected chi connectivity index (χ0v) is 10.9. The Morgan fingerprint density at radius 2 is 1.74 bits per heavy atom. The maximum absolute atomic E-state index is 11.0. The molecule has 2 rings (SSSR count). The minimum atomic E-state index is -0.533. The van der Waals surface area contributed by atoms with Crippen molar-refractivity contribution in [2.24, 2.45) is 5.73 Å². The summed E-state index contributed by atoms with van der Waals surface area (Å²) in [5, 5.41) is 9.89. The lowest BCUT2D eigenvalue weighted by Gasteiger charge is -2.07. The number of hydrogen-bond acceptors (Lipinski definition) is 2. The Morgan fingerprint density at radius 1 is 1.11 bits per heavy atom. The minimum Gasteiger partial charge on any atom is -0.508 e. The van der Waals surface area contributed by atoms with Gasteiger partial charge >= 0.3 is 0 Å². The third-order valence-electron chi connectivity index (χ3n) is 3.20. The van der Waals surface area contributed by atoms with Gasteiger partial charge in [0.1, 0.15) is 5.75 Å². The summed E-state index contributed by atoms with van der Waals surface area (Å²) in [6.07, 6.45) is 1.65. The van der Waals surface area contributed by atoms with E-state index >= 15 is 0 Å². The summed E-state index contributed by atoms with van der Waals surface area (Å²) in [7, 11) is 0. The van der Waals surface area contributed by atoms with Crippen molar-refractivity contribution in [1.29, 1.82) is 0 Å². The molecule has 0 aliphatic carbocycles. The molecule has 2 aromatic carbocycles. The quantitative estimate of drug-likeness (QED) is 0.882. The lowest BCUT2D eigenvalue weighted by Crippen LogP contribution is -2.10. The van der Waals surface area contributed by atoms with E-state index in [-0.39, 0.29) is 5.75 Å². The van der Waals surface area contributed by atoms with Crippen LogP contribution in [0.5, 0.6) is 5.75 Å². The SMILES string of the molecule is CCc1ccc(Cc2ccc(C(N)=O)cc2O)cc1. The number of rotatable bonds is 4. The average molecular weight is 255 g/mol. The van der Waals surface area contributed by atoms with Crippen LogP contribution in [0.3, 0.4) is 0 Å². The Hall–Kier alpha value is -2.29. The molecule has 0 heterocycles. The van der Waals surface area contributed by atoms with E-state index in [1.54, 1.807) is 12.1 Å². The van der Waals surface area contributed by atoms with Gasteiger partial charge < -0.3 is 10.8 Å². The average Bonchev–Trinajstić information content (AvgIpc) is 2.41. The van der Waals surface area contributed by atoms with E-state index in [0.29, 0.717) is 12.0 Å². The molecule has 0 atom stereocenters. The molecule has 0 aliphatic rings. The standard InChI is InChI=1S/C16H17NO2/c1-2-11-3-5-12(6-4-11)9-13-7-8-14(16(17)19)10-15(13)18/h3-8,10,18H,2,9H2,1H3,(H2,17,19). The molecule has 1 amide bonds. The maximum atomic E-state index is 11.0. The summed E-state index contributed by atoms with van der Waals surface area (Å²) in [4.78, 5) is 11.0. The van der Waals surface area contributed by atoms with Crippen molar-refractivity contribution >= 4 is 5.91 Å².